The van der Waals surface area contributed by atoms with Gasteiger partial charge in [-0.15, -0.1) is 0 Å². The third-order valence-electron chi connectivity index (χ3n) is 6.46. The Morgan fingerprint density at radius 2 is 1.26 bits per heavy atom. The van der Waals surface area contributed by atoms with Gasteiger partial charge in [0.2, 0.25) is 11.8 Å². The van der Waals surface area contributed by atoms with E-state index in [1.54, 1.807) is 12.2 Å². The van der Waals surface area contributed by atoms with Crippen molar-refractivity contribution in [3.05, 3.63) is 82.9 Å². The smallest absolute Gasteiger partial charge is 0.246 e. The first-order chi connectivity index (χ1) is 16.8. The van der Waals surface area contributed by atoms with Crippen LogP contribution in [-0.2, 0) is 9.59 Å². The molecule has 0 aromatic heterocycles. The van der Waals surface area contributed by atoms with Gasteiger partial charge in [0.05, 0.1) is 0 Å². The summed E-state index contributed by atoms with van der Waals surface area (Å²) in [4.78, 5) is 28.9. The Kier molecular flexibility index (Phi) is 9.86. The summed E-state index contributed by atoms with van der Waals surface area (Å²) in [6.07, 6.45) is 6.99. The number of piperazine rings is 1. The van der Waals surface area contributed by atoms with Gasteiger partial charge in [0.25, 0.3) is 0 Å². The van der Waals surface area contributed by atoms with Crippen LogP contribution in [0.25, 0.3) is 12.2 Å². The normalized spacial score (nSPS) is 15.0. The van der Waals surface area contributed by atoms with E-state index in [0.717, 1.165) is 30.8 Å². The van der Waals surface area contributed by atoms with Crippen molar-refractivity contribution < 1.29 is 9.59 Å². The number of amides is 2. The molecule has 1 aliphatic rings. The maximum absolute atomic E-state index is 12.6. The molecule has 35 heavy (non-hydrogen) atoms. The molecule has 2 aromatic rings. The molecule has 1 N–H and O–H groups in total. The number of carbonyl (C=O) groups is 2. The highest BCUT2D eigenvalue weighted by Gasteiger charge is 2.19. The molecule has 0 atom stereocenters. The van der Waals surface area contributed by atoms with E-state index in [1.165, 1.54) is 11.1 Å². The number of hydrogen-bond donors (Lipinski definition) is 1. The van der Waals surface area contributed by atoms with Gasteiger partial charge in [0, 0.05) is 51.4 Å². The lowest BCUT2D eigenvalue weighted by molar-refractivity contribution is -0.127. The van der Waals surface area contributed by atoms with Crippen molar-refractivity contribution in [2.75, 3.05) is 39.3 Å². The molecular formula is C30H39N3O2. The molecule has 1 heterocycles. The van der Waals surface area contributed by atoms with Crippen LogP contribution in [0.2, 0.25) is 0 Å². The molecule has 1 saturated heterocycles. The Balaban J connectivity index is 1.34. The van der Waals surface area contributed by atoms with Crippen LogP contribution in [0.5, 0.6) is 0 Å². The van der Waals surface area contributed by atoms with Gasteiger partial charge < -0.3 is 10.2 Å². The van der Waals surface area contributed by atoms with Crippen molar-refractivity contribution in [3.63, 3.8) is 0 Å². The van der Waals surface area contributed by atoms with Crippen LogP contribution in [0.4, 0.5) is 0 Å². The number of rotatable bonds is 9. The van der Waals surface area contributed by atoms with Gasteiger partial charge in [-0.05, 0) is 46.2 Å². The average molecular weight is 474 g/mol. The molecule has 186 valence electrons. The van der Waals surface area contributed by atoms with E-state index in [1.807, 2.05) is 29.2 Å². The van der Waals surface area contributed by atoms with E-state index in [9.17, 15) is 9.59 Å². The van der Waals surface area contributed by atoms with Crippen molar-refractivity contribution in [1.29, 1.82) is 0 Å². The number of nitrogens with zero attached hydrogens (tertiary/aromatic N) is 2. The molecule has 1 fully saturated rings. The molecule has 2 aromatic carbocycles. The zero-order valence-electron chi connectivity index (χ0n) is 21.5. The fourth-order valence-electron chi connectivity index (χ4n) is 4.02. The maximum atomic E-state index is 12.6. The Labute approximate surface area is 210 Å². The SMILES string of the molecule is CC(C)c1ccc(C=CC(=O)NCCN2CCN(C(=O)C=Cc3ccc(C(C)C)cc3)CC2)cc1. The number of hydrogen-bond acceptors (Lipinski definition) is 3. The monoisotopic (exact) mass is 473 g/mol. The Morgan fingerprint density at radius 3 is 1.74 bits per heavy atom. The first-order valence-corrected chi connectivity index (χ1v) is 12.7. The van der Waals surface area contributed by atoms with Crippen molar-refractivity contribution in [1.82, 2.24) is 15.1 Å². The van der Waals surface area contributed by atoms with E-state index in [4.69, 9.17) is 0 Å². The van der Waals surface area contributed by atoms with E-state index in [-0.39, 0.29) is 11.8 Å². The summed E-state index contributed by atoms with van der Waals surface area (Å²) in [7, 11) is 0. The molecular weight excluding hydrogens is 434 g/mol. The lowest BCUT2D eigenvalue weighted by Crippen LogP contribution is -2.49. The summed E-state index contributed by atoms with van der Waals surface area (Å²) < 4.78 is 0. The molecule has 0 radical (unpaired) electrons. The second-order valence-corrected chi connectivity index (χ2v) is 9.77. The van der Waals surface area contributed by atoms with Gasteiger partial charge in [0.1, 0.15) is 0 Å². The van der Waals surface area contributed by atoms with Crippen molar-refractivity contribution in [2.45, 2.75) is 39.5 Å². The predicted molar refractivity (Wildman–Crippen MR) is 145 cm³/mol. The van der Waals surface area contributed by atoms with Gasteiger partial charge in [0.15, 0.2) is 0 Å². The minimum absolute atomic E-state index is 0.0532. The third-order valence-corrected chi connectivity index (χ3v) is 6.46. The van der Waals surface area contributed by atoms with Crippen LogP contribution >= 0.6 is 0 Å². The first-order valence-electron chi connectivity index (χ1n) is 12.7. The summed E-state index contributed by atoms with van der Waals surface area (Å²) in [6, 6.07) is 16.6. The lowest BCUT2D eigenvalue weighted by atomic mass is 10.0. The Morgan fingerprint density at radius 1 is 0.771 bits per heavy atom. The second-order valence-electron chi connectivity index (χ2n) is 9.77. The molecule has 0 aliphatic carbocycles. The van der Waals surface area contributed by atoms with E-state index < -0.39 is 0 Å². The van der Waals surface area contributed by atoms with Crippen molar-refractivity contribution >= 4 is 24.0 Å². The summed E-state index contributed by atoms with van der Waals surface area (Å²) in [6.45, 7) is 13.1. The van der Waals surface area contributed by atoms with Gasteiger partial charge in [-0.3, -0.25) is 14.5 Å². The van der Waals surface area contributed by atoms with Crippen LogP contribution in [0, 0.1) is 0 Å². The van der Waals surface area contributed by atoms with Crippen molar-refractivity contribution in [2.24, 2.45) is 0 Å². The summed E-state index contributed by atoms with van der Waals surface area (Å²) in [5.41, 5.74) is 4.65. The highest BCUT2D eigenvalue weighted by Crippen LogP contribution is 2.16. The fourth-order valence-corrected chi connectivity index (χ4v) is 4.02. The van der Waals surface area contributed by atoms with Crippen LogP contribution in [0.3, 0.4) is 0 Å². The summed E-state index contributed by atoms with van der Waals surface area (Å²) in [5, 5.41) is 2.95. The van der Waals surface area contributed by atoms with Crippen molar-refractivity contribution in [3.8, 4) is 0 Å². The molecule has 0 unspecified atom stereocenters. The number of carbonyl (C=O) groups excluding carboxylic acids is 2. The topological polar surface area (TPSA) is 52.7 Å². The average Bonchev–Trinajstić information content (AvgIpc) is 2.87. The Bertz CT molecular complexity index is 1010. The third kappa shape index (κ3) is 8.52. The van der Waals surface area contributed by atoms with Crippen LogP contribution in [0.1, 0.15) is 61.8 Å². The molecule has 0 saturated carbocycles. The predicted octanol–water partition coefficient (Wildman–Crippen LogP) is 4.92. The van der Waals surface area contributed by atoms with Gasteiger partial charge >= 0.3 is 0 Å². The largest absolute Gasteiger partial charge is 0.351 e. The molecule has 5 heteroatoms. The van der Waals surface area contributed by atoms with Crippen LogP contribution < -0.4 is 5.32 Å². The van der Waals surface area contributed by atoms with E-state index >= 15 is 0 Å². The summed E-state index contributed by atoms with van der Waals surface area (Å²) in [5.74, 6) is 0.972. The molecule has 1 aliphatic heterocycles. The highest BCUT2D eigenvalue weighted by atomic mass is 16.2. The molecule has 3 rings (SSSR count). The molecule has 0 spiro atoms. The first kappa shape index (κ1) is 26.4. The summed E-state index contributed by atoms with van der Waals surface area (Å²) >= 11 is 0. The number of benzene rings is 2. The zero-order chi connectivity index (χ0) is 25.2. The minimum Gasteiger partial charge on any atom is -0.351 e. The van der Waals surface area contributed by atoms with E-state index in [0.29, 0.717) is 31.5 Å². The van der Waals surface area contributed by atoms with E-state index in [2.05, 4.69) is 74.3 Å². The standard InChI is InChI=1S/C30H39N3O2/c1-23(2)27-11-5-25(6-12-27)9-15-29(34)31-17-18-32-19-21-33(22-20-32)30(35)16-10-26-7-13-28(14-8-26)24(3)4/h5-16,23-24H,17-22H2,1-4H3,(H,31,34). The minimum atomic E-state index is -0.0849. The Hall–Kier alpha value is -3.18. The van der Waals surface area contributed by atoms with Crippen LogP contribution in [-0.4, -0.2) is 60.9 Å². The number of nitrogens with one attached hydrogen (secondary N) is 1. The highest BCUT2D eigenvalue weighted by molar-refractivity contribution is 5.92. The molecule has 5 nitrogen and oxygen atoms in total. The zero-order valence-corrected chi connectivity index (χ0v) is 21.5. The van der Waals surface area contributed by atoms with Gasteiger partial charge in [-0.25, -0.2) is 0 Å². The molecule has 0 bridgehead atoms. The fraction of sp³-hybridized carbons (Fsp3) is 0.400. The lowest BCUT2D eigenvalue weighted by Gasteiger charge is -2.34. The molecule has 2 amide bonds. The maximum Gasteiger partial charge on any atom is 0.246 e. The quantitative estimate of drug-likeness (QED) is 0.526. The van der Waals surface area contributed by atoms with Crippen LogP contribution in [0.15, 0.2) is 60.7 Å². The van der Waals surface area contributed by atoms with Gasteiger partial charge in [-0.2, -0.15) is 0 Å². The second kappa shape index (κ2) is 13.1. The van der Waals surface area contributed by atoms with Gasteiger partial charge in [-0.1, -0.05) is 76.2 Å².